The first-order valence-electron chi connectivity index (χ1n) is 10.4. The summed E-state index contributed by atoms with van der Waals surface area (Å²) in [6.07, 6.45) is 2.76. The average molecular weight is 381 g/mol. The molecule has 28 heavy (non-hydrogen) atoms. The van der Waals surface area contributed by atoms with E-state index < -0.39 is 6.10 Å². The summed E-state index contributed by atoms with van der Waals surface area (Å²) in [6, 6.07) is 14.6. The van der Waals surface area contributed by atoms with Crippen molar-refractivity contribution in [3.8, 4) is 5.75 Å². The standard InChI is InChI=1S/C24H32N2O2/c1-4-22(28-23-14-18(2)10-11-19(23)3)24(27)25-16-20-8-7-9-21(15-20)17-26-12-5-6-13-26/h7-11,14-15,22H,4-6,12-13,16-17H2,1-3H3,(H,25,27)/t22-/m0/s1. The first kappa shape index (κ1) is 20.4. The van der Waals surface area contributed by atoms with Crippen molar-refractivity contribution in [2.24, 2.45) is 0 Å². The van der Waals surface area contributed by atoms with E-state index in [-0.39, 0.29) is 5.91 Å². The quantitative estimate of drug-likeness (QED) is 0.739. The lowest BCUT2D eigenvalue weighted by Gasteiger charge is -2.19. The maximum absolute atomic E-state index is 12.7. The highest BCUT2D eigenvalue weighted by molar-refractivity contribution is 5.81. The van der Waals surface area contributed by atoms with Crippen molar-refractivity contribution in [1.82, 2.24) is 10.2 Å². The molecule has 1 fully saturated rings. The molecule has 0 saturated carbocycles. The molecule has 2 aromatic rings. The van der Waals surface area contributed by atoms with Crippen LogP contribution in [0.5, 0.6) is 5.75 Å². The van der Waals surface area contributed by atoms with Crippen LogP contribution in [0.25, 0.3) is 0 Å². The van der Waals surface area contributed by atoms with Gasteiger partial charge in [0.1, 0.15) is 5.75 Å². The van der Waals surface area contributed by atoms with Gasteiger partial charge >= 0.3 is 0 Å². The fourth-order valence-electron chi connectivity index (χ4n) is 3.65. The highest BCUT2D eigenvalue weighted by Gasteiger charge is 2.19. The molecule has 150 valence electrons. The highest BCUT2D eigenvalue weighted by atomic mass is 16.5. The van der Waals surface area contributed by atoms with Gasteiger partial charge in [-0.2, -0.15) is 0 Å². The number of hydrogen-bond acceptors (Lipinski definition) is 3. The van der Waals surface area contributed by atoms with E-state index in [2.05, 4.69) is 40.5 Å². The van der Waals surface area contributed by atoms with Gasteiger partial charge in [-0.05, 0) is 74.5 Å². The molecular weight excluding hydrogens is 348 g/mol. The van der Waals surface area contributed by atoms with Crippen LogP contribution in [0.4, 0.5) is 0 Å². The summed E-state index contributed by atoms with van der Waals surface area (Å²) in [6.45, 7) is 9.91. The third-order valence-corrected chi connectivity index (χ3v) is 5.34. The molecule has 2 aromatic carbocycles. The number of aryl methyl sites for hydroxylation is 2. The molecule has 1 aliphatic heterocycles. The third-order valence-electron chi connectivity index (χ3n) is 5.34. The van der Waals surface area contributed by atoms with E-state index in [0.29, 0.717) is 13.0 Å². The van der Waals surface area contributed by atoms with Gasteiger partial charge in [-0.15, -0.1) is 0 Å². The Labute approximate surface area is 168 Å². The molecule has 1 amide bonds. The Bertz CT molecular complexity index is 797. The third kappa shape index (κ3) is 5.59. The number of amides is 1. The van der Waals surface area contributed by atoms with E-state index in [9.17, 15) is 4.79 Å². The fourth-order valence-corrected chi connectivity index (χ4v) is 3.65. The number of ether oxygens (including phenoxy) is 1. The molecule has 4 heteroatoms. The van der Waals surface area contributed by atoms with Gasteiger partial charge in [0.15, 0.2) is 6.10 Å². The topological polar surface area (TPSA) is 41.6 Å². The number of carbonyl (C=O) groups excluding carboxylic acids is 1. The Morgan fingerprint density at radius 1 is 1.11 bits per heavy atom. The molecule has 0 bridgehead atoms. The Kier molecular flexibility index (Phi) is 7.10. The van der Waals surface area contributed by atoms with Crippen molar-refractivity contribution in [2.45, 2.75) is 59.2 Å². The zero-order valence-corrected chi connectivity index (χ0v) is 17.3. The summed E-state index contributed by atoms with van der Waals surface area (Å²) in [4.78, 5) is 15.2. The number of carbonyl (C=O) groups is 1. The second-order valence-corrected chi connectivity index (χ2v) is 7.80. The van der Waals surface area contributed by atoms with Gasteiger partial charge in [0, 0.05) is 13.1 Å². The van der Waals surface area contributed by atoms with E-state index in [1.54, 1.807) is 0 Å². The largest absolute Gasteiger partial charge is 0.480 e. The van der Waals surface area contributed by atoms with Gasteiger partial charge in [0.2, 0.25) is 0 Å². The van der Waals surface area contributed by atoms with Crippen LogP contribution in [0.15, 0.2) is 42.5 Å². The number of nitrogens with zero attached hydrogens (tertiary/aromatic N) is 1. The Morgan fingerprint density at radius 2 is 1.86 bits per heavy atom. The second-order valence-electron chi connectivity index (χ2n) is 7.80. The van der Waals surface area contributed by atoms with Crippen LogP contribution in [-0.2, 0) is 17.9 Å². The lowest BCUT2D eigenvalue weighted by Crippen LogP contribution is -2.37. The number of benzene rings is 2. The minimum Gasteiger partial charge on any atom is -0.480 e. The molecule has 1 saturated heterocycles. The van der Waals surface area contributed by atoms with Crippen LogP contribution >= 0.6 is 0 Å². The highest BCUT2D eigenvalue weighted by Crippen LogP contribution is 2.21. The molecule has 0 radical (unpaired) electrons. The Hall–Kier alpha value is -2.33. The van der Waals surface area contributed by atoms with Gasteiger partial charge < -0.3 is 10.1 Å². The zero-order valence-electron chi connectivity index (χ0n) is 17.3. The maximum atomic E-state index is 12.7. The van der Waals surface area contributed by atoms with Crippen molar-refractivity contribution < 1.29 is 9.53 Å². The van der Waals surface area contributed by atoms with Crippen LogP contribution < -0.4 is 10.1 Å². The number of hydrogen-bond donors (Lipinski definition) is 1. The fraction of sp³-hybridized carbons (Fsp3) is 0.458. The molecule has 0 unspecified atom stereocenters. The van der Waals surface area contributed by atoms with Crippen LogP contribution in [0.2, 0.25) is 0 Å². The van der Waals surface area contributed by atoms with Gasteiger partial charge in [-0.3, -0.25) is 9.69 Å². The van der Waals surface area contributed by atoms with Gasteiger partial charge in [0.25, 0.3) is 5.91 Å². The number of rotatable bonds is 8. The van der Waals surface area contributed by atoms with Crippen molar-refractivity contribution in [3.05, 3.63) is 64.7 Å². The molecule has 1 atom stereocenters. The SMILES string of the molecule is CC[C@H](Oc1cc(C)ccc1C)C(=O)NCc1cccc(CN2CCCC2)c1. The van der Waals surface area contributed by atoms with Gasteiger partial charge in [-0.25, -0.2) is 0 Å². The lowest BCUT2D eigenvalue weighted by atomic mass is 10.1. The summed E-state index contributed by atoms with van der Waals surface area (Å²) in [5, 5.41) is 3.05. The molecule has 1 heterocycles. The van der Waals surface area contributed by atoms with E-state index in [1.165, 1.54) is 31.5 Å². The van der Waals surface area contributed by atoms with Crippen LogP contribution in [-0.4, -0.2) is 30.0 Å². The van der Waals surface area contributed by atoms with E-state index in [0.717, 1.165) is 29.0 Å². The summed E-state index contributed by atoms with van der Waals surface area (Å²) >= 11 is 0. The summed E-state index contributed by atoms with van der Waals surface area (Å²) in [5.41, 5.74) is 4.62. The monoisotopic (exact) mass is 380 g/mol. The van der Waals surface area contributed by atoms with Crippen molar-refractivity contribution in [2.75, 3.05) is 13.1 Å². The average Bonchev–Trinajstić information content (AvgIpc) is 3.20. The summed E-state index contributed by atoms with van der Waals surface area (Å²) in [5.74, 6) is 0.725. The van der Waals surface area contributed by atoms with E-state index in [1.807, 2.05) is 32.9 Å². The number of likely N-dealkylation sites (tertiary alicyclic amines) is 1. The summed E-state index contributed by atoms with van der Waals surface area (Å²) < 4.78 is 6.02. The van der Waals surface area contributed by atoms with E-state index in [4.69, 9.17) is 4.74 Å². The van der Waals surface area contributed by atoms with Gasteiger partial charge in [0.05, 0.1) is 0 Å². The van der Waals surface area contributed by atoms with Crippen molar-refractivity contribution in [1.29, 1.82) is 0 Å². The predicted molar refractivity (Wildman–Crippen MR) is 113 cm³/mol. The first-order valence-corrected chi connectivity index (χ1v) is 10.4. The molecule has 1 aliphatic rings. The molecule has 3 rings (SSSR count). The molecule has 1 N–H and O–H groups in total. The minimum absolute atomic E-state index is 0.0617. The molecule has 0 aromatic heterocycles. The van der Waals surface area contributed by atoms with Crippen molar-refractivity contribution >= 4 is 5.91 Å². The zero-order chi connectivity index (χ0) is 19.9. The lowest BCUT2D eigenvalue weighted by molar-refractivity contribution is -0.128. The molecular formula is C24H32N2O2. The van der Waals surface area contributed by atoms with Gasteiger partial charge in [-0.1, -0.05) is 43.3 Å². The second kappa shape index (κ2) is 9.74. The Balaban J connectivity index is 1.56. The summed E-state index contributed by atoms with van der Waals surface area (Å²) in [7, 11) is 0. The number of nitrogens with one attached hydrogen (secondary N) is 1. The smallest absolute Gasteiger partial charge is 0.261 e. The minimum atomic E-state index is -0.478. The molecule has 0 spiro atoms. The maximum Gasteiger partial charge on any atom is 0.261 e. The first-order chi connectivity index (χ1) is 13.5. The predicted octanol–water partition coefficient (Wildman–Crippen LogP) is 4.37. The molecule has 0 aliphatic carbocycles. The van der Waals surface area contributed by atoms with E-state index >= 15 is 0 Å². The van der Waals surface area contributed by atoms with Crippen LogP contribution in [0.1, 0.15) is 48.4 Å². The van der Waals surface area contributed by atoms with Crippen LogP contribution in [0, 0.1) is 13.8 Å². The van der Waals surface area contributed by atoms with Crippen LogP contribution in [0.3, 0.4) is 0 Å². The normalized spacial score (nSPS) is 15.4. The Morgan fingerprint density at radius 3 is 2.61 bits per heavy atom. The molecule has 4 nitrogen and oxygen atoms in total. The van der Waals surface area contributed by atoms with Crippen molar-refractivity contribution in [3.63, 3.8) is 0 Å².